The monoisotopic (exact) mass is 277 g/mol. The first-order valence-corrected chi connectivity index (χ1v) is 7.53. The molecule has 20 heavy (non-hydrogen) atoms. The van der Waals surface area contributed by atoms with Crippen molar-refractivity contribution in [3.63, 3.8) is 0 Å². The zero-order chi connectivity index (χ0) is 14.5. The fourth-order valence-corrected chi connectivity index (χ4v) is 2.72. The minimum Gasteiger partial charge on any atom is -0.384 e. The molecule has 0 radical (unpaired) electrons. The van der Waals surface area contributed by atoms with E-state index in [0.717, 1.165) is 37.8 Å². The highest BCUT2D eigenvalue weighted by Crippen LogP contribution is 2.23. The van der Waals surface area contributed by atoms with Crippen LogP contribution in [0.3, 0.4) is 0 Å². The summed E-state index contributed by atoms with van der Waals surface area (Å²) in [4.78, 5) is 7.08. The number of nitrogens with one attached hydrogen (secondary N) is 1. The number of hydrogen-bond acceptors (Lipinski definition) is 4. The molecule has 1 unspecified atom stereocenters. The van der Waals surface area contributed by atoms with E-state index in [-0.39, 0.29) is 0 Å². The Morgan fingerprint density at radius 3 is 2.95 bits per heavy atom. The van der Waals surface area contributed by atoms with Gasteiger partial charge in [0.2, 0.25) is 0 Å². The van der Waals surface area contributed by atoms with Gasteiger partial charge < -0.3 is 15.0 Å². The summed E-state index contributed by atoms with van der Waals surface area (Å²) in [7, 11) is 1.78. The second-order valence-corrected chi connectivity index (χ2v) is 6.07. The van der Waals surface area contributed by atoms with Gasteiger partial charge in [0.25, 0.3) is 0 Å². The maximum atomic E-state index is 5.27. The topological polar surface area (TPSA) is 37.4 Å². The van der Waals surface area contributed by atoms with Gasteiger partial charge in [-0.2, -0.15) is 0 Å². The van der Waals surface area contributed by atoms with Crippen molar-refractivity contribution < 1.29 is 4.74 Å². The summed E-state index contributed by atoms with van der Waals surface area (Å²) in [5, 5.41) is 3.47. The van der Waals surface area contributed by atoms with Crippen molar-refractivity contribution in [1.29, 1.82) is 0 Å². The lowest BCUT2D eigenvalue weighted by molar-refractivity contribution is 0.161. The van der Waals surface area contributed by atoms with Gasteiger partial charge in [0, 0.05) is 44.4 Å². The quantitative estimate of drug-likeness (QED) is 0.866. The number of pyridine rings is 1. The summed E-state index contributed by atoms with van der Waals surface area (Å²) in [6.07, 6.45) is 1.20. The third-order valence-electron chi connectivity index (χ3n) is 3.73. The molecular formula is C16H27N3O. The number of ether oxygens (including phenoxy) is 1. The van der Waals surface area contributed by atoms with E-state index >= 15 is 0 Å². The third-order valence-corrected chi connectivity index (χ3v) is 3.73. The van der Waals surface area contributed by atoms with Crippen molar-refractivity contribution in [2.75, 3.05) is 31.7 Å². The largest absolute Gasteiger partial charge is 0.384 e. The number of nitrogens with zero attached hydrogens (tertiary/aromatic N) is 2. The average molecular weight is 277 g/mol. The van der Waals surface area contributed by atoms with E-state index < -0.39 is 0 Å². The normalized spacial score (nSPS) is 19.1. The van der Waals surface area contributed by atoms with Crippen LogP contribution in [0.25, 0.3) is 0 Å². The predicted molar refractivity (Wildman–Crippen MR) is 83.1 cm³/mol. The van der Waals surface area contributed by atoms with Crippen molar-refractivity contribution in [3.05, 3.63) is 23.4 Å². The number of hydrogen-bond donors (Lipinski definition) is 1. The van der Waals surface area contributed by atoms with E-state index in [2.05, 4.69) is 43.1 Å². The molecule has 0 saturated carbocycles. The minimum absolute atomic E-state index is 0.504. The fourth-order valence-electron chi connectivity index (χ4n) is 2.72. The summed E-state index contributed by atoms with van der Waals surface area (Å²) >= 11 is 0. The highest BCUT2D eigenvalue weighted by atomic mass is 16.5. The van der Waals surface area contributed by atoms with E-state index in [1.165, 1.54) is 12.0 Å². The lowest BCUT2D eigenvalue weighted by Crippen LogP contribution is -2.24. The van der Waals surface area contributed by atoms with Crippen LogP contribution in [0.1, 0.15) is 31.5 Å². The van der Waals surface area contributed by atoms with Crippen LogP contribution in [-0.4, -0.2) is 37.8 Å². The summed E-state index contributed by atoms with van der Waals surface area (Å²) in [6.45, 7) is 10.3. The van der Waals surface area contributed by atoms with Gasteiger partial charge in [0.1, 0.15) is 5.82 Å². The number of methoxy groups -OCH3 is 1. The first-order chi connectivity index (χ1) is 9.58. The molecule has 0 bridgehead atoms. The molecular weight excluding hydrogens is 250 g/mol. The van der Waals surface area contributed by atoms with Crippen molar-refractivity contribution in [1.82, 2.24) is 10.3 Å². The number of rotatable bonds is 6. The van der Waals surface area contributed by atoms with E-state index in [9.17, 15) is 0 Å². The number of aryl methyl sites for hydroxylation is 1. The lowest BCUT2D eigenvalue weighted by Gasteiger charge is -2.19. The second kappa shape index (κ2) is 7.04. The highest BCUT2D eigenvalue weighted by molar-refractivity contribution is 5.43. The van der Waals surface area contributed by atoms with E-state index in [4.69, 9.17) is 9.72 Å². The maximum absolute atomic E-state index is 5.27. The van der Waals surface area contributed by atoms with Crippen LogP contribution in [0, 0.1) is 12.8 Å². The minimum atomic E-state index is 0.504. The molecule has 0 aliphatic carbocycles. The second-order valence-electron chi connectivity index (χ2n) is 6.07. The number of aromatic nitrogens is 1. The molecule has 2 rings (SSSR count). The Balaban J connectivity index is 2.04. The molecule has 4 heteroatoms. The maximum Gasteiger partial charge on any atom is 0.129 e. The molecule has 0 spiro atoms. The molecule has 2 heterocycles. The lowest BCUT2D eigenvalue weighted by atomic mass is 10.1. The van der Waals surface area contributed by atoms with Crippen LogP contribution in [-0.2, 0) is 11.3 Å². The summed E-state index contributed by atoms with van der Waals surface area (Å²) < 4.78 is 5.27. The molecule has 1 aliphatic heterocycles. The van der Waals surface area contributed by atoms with Gasteiger partial charge in [-0.25, -0.2) is 4.98 Å². The zero-order valence-corrected chi connectivity index (χ0v) is 13.1. The standard InChI is InChI=1S/C16H27N3O/c1-12(2)17-9-15-7-13(3)18-16(8-15)19-6-5-14(10-19)11-20-4/h7-8,12,14,17H,5-6,9-11H2,1-4H3. The summed E-state index contributed by atoms with van der Waals surface area (Å²) in [6, 6.07) is 4.89. The van der Waals surface area contributed by atoms with Crippen LogP contribution in [0.4, 0.5) is 5.82 Å². The molecule has 1 aromatic heterocycles. The molecule has 112 valence electrons. The van der Waals surface area contributed by atoms with E-state index in [0.29, 0.717) is 12.0 Å². The van der Waals surface area contributed by atoms with E-state index in [1.807, 2.05) is 0 Å². The molecule has 0 aromatic carbocycles. The molecule has 1 fully saturated rings. The summed E-state index contributed by atoms with van der Waals surface area (Å²) in [5.41, 5.74) is 2.41. The predicted octanol–water partition coefficient (Wildman–Crippen LogP) is 2.36. The SMILES string of the molecule is COCC1CCN(c2cc(CNC(C)C)cc(C)n2)C1. The zero-order valence-electron chi connectivity index (χ0n) is 13.1. The van der Waals surface area contributed by atoms with Gasteiger partial charge in [0.05, 0.1) is 6.61 Å². The number of anilines is 1. The molecule has 1 N–H and O–H groups in total. The molecule has 1 aromatic rings. The van der Waals surface area contributed by atoms with Crippen molar-refractivity contribution in [2.45, 2.75) is 39.8 Å². The fraction of sp³-hybridized carbons (Fsp3) is 0.688. The van der Waals surface area contributed by atoms with Crippen LogP contribution >= 0.6 is 0 Å². The van der Waals surface area contributed by atoms with Crippen molar-refractivity contribution in [2.24, 2.45) is 5.92 Å². The van der Waals surface area contributed by atoms with Gasteiger partial charge >= 0.3 is 0 Å². The average Bonchev–Trinajstić information content (AvgIpc) is 2.85. The molecule has 0 amide bonds. The molecule has 1 aliphatic rings. The Morgan fingerprint density at radius 1 is 1.45 bits per heavy atom. The summed E-state index contributed by atoms with van der Waals surface area (Å²) in [5.74, 6) is 1.75. The van der Waals surface area contributed by atoms with Crippen LogP contribution in [0.5, 0.6) is 0 Å². The first kappa shape index (κ1) is 15.3. The van der Waals surface area contributed by atoms with Gasteiger partial charge in [-0.05, 0) is 31.0 Å². The van der Waals surface area contributed by atoms with Crippen molar-refractivity contribution >= 4 is 5.82 Å². The molecule has 1 saturated heterocycles. The Morgan fingerprint density at radius 2 is 2.25 bits per heavy atom. The van der Waals surface area contributed by atoms with Crippen LogP contribution < -0.4 is 10.2 Å². The molecule has 1 atom stereocenters. The van der Waals surface area contributed by atoms with Gasteiger partial charge in [0.15, 0.2) is 0 Å². The van der Waals surface area contributed by atoms with Crippen molar-refractivity contribution in [3.8, 4) is 0 Å². The smallest absolute Gasteiger partial charge is 0.129 e. The Bertz CT molecular complexity index is 434. The Kier molecular flexibility index (Phi) is 5.38. The van der Waals surface area contributed by atoms with Crippen LogP contribution in [0.2, 0.25) is 0 Å². The van der Waals surface area contributed by atoms with Gasteiger partial charge in [-0.15, -0.1) is 0 Å². The third kappa shape index (κ3) is 4.18. The van der Waals surface area contributed by atoms with Gasteiger partial charge in [-0.1, -0.05) is 13.8 Å². The van der Waals surface area contributed by atoms with Gasteiger partial charge in [-0.3, -0.25) is 0 Å². The van der Waals surface area contributed by atoms with E-state index in [1.54, 1.807) is 7.11 Å². The Hall–Kier alpha value is -1.13. The van der Waals surface area contributed by atoms with Crippen LogP contribution in [0.15, 0.2) is 12.1 Å². The molecule has 4 nitrogen and oxygen atoms in total. The highest BCUT2D eigenvalue weighted by Gasteiger charge is 2.23. The first-order valence-electron chi connectivity index (χ1n) is 7.53. The Labute approximate surface area is 122 Å².